The molecular formula is C13H16N4O3S2. The maximum atomic E-state index is 12.0. The van der Waals surface area contributed by atoms with Crippen molar-refractivity contribution in [3.63, 3.8) is 0 Å². The molecule has 2 aromatic rings. The quantitative estimate of drug-likeness (QED) is 0.845. The molecule has 1 fully saturated rings. The molecule has 3 rings (SSSR count). The summed E-state index contributed by atoms with van der Waals surface area (Å²) in [6.07, 6.45) is 0.653. The molecule has 2 aromatic heterocycles. The number of aromatic amines is 1. The van der Waals surface area contributed by atoms with Crippen molar-refractivity contribution in [2.75, 3.05) is 25.4 Å². The van der Waals surface area contributed by atoms with Crippen LogP contribution in [0.4, 0.5) is 0 Å². The molecule has 9 heteroatoms. The second-order valence-corrected chi connectivity index (χ2v) is 8.00. The molecule has 0 bridgehead atoms. The molecular weight excluding hydrogens is 324 g/mol. The van der Waals surface area contributed by atoms with Crippen LogP contribution in [0.5, 0.6) is 0 Å². The number of hydrogen-bond donors (Lipinski definition) is 2. The van der Waals surface area contributed by atoms with Gasteiger partial charge in [-0.1, -0.05) is 6.07 Å². The molecule has 0 aliphatic carbocycles. The SMILES string of the molecule is O=C(NCCN1CCCS1(=O)=O)c1cc(-c2cccs2)[nH]n1. The molecule has 1 aliphatic rings. The van der Waals surface area contributed by atoms with E-state index in [0.717, 1.165) is 10.6 Å². The number of hydrogen-bond acceptors (Lipinski definition) is 5. The first kappa shape index (κ1) is 15.2. The summed E-state index contributed by atoms with van der Waals surface area (Å²) in [5.41, 5.74) is 1.09. The topological polar surface area (TPSA) is 95.2 Å². The third-order valence-electron chi connectivity index (χ3n) is 3.45. The smallest absolute Gasteiger partial charge is 0.271 e. The predicted molar refractivity (Wildman–Crippen MR) is 84.2 cm³/mol. The zero-order valence-corrected chi connectivity index (χ0v) is 13.4. The summed E-state index contributed by atoms with van der Waals surface area (Å²) in [5.74, 6) is -0.111. The first-order chi connectivity index (χ1) is 10.6. The van der Waals surface area contributed by atoms with E-state index in [1.54, 1.807) is 17.4 Å². The van der Waals surface area contributed by atoms with Gasteiger partial charge in [-0.3, -0.25) is 9.89 Å². The summed E-state index contributed by atoms with van der Waals surface area (Å²) in [6, 6.07) is 5.56. The maximum absolute atomic E-state index is 12.0. The number of rotatable bonds is 5. The number of sulfonamides is 1. The highest BCUT2D eigenvalue weighted by molar-refractivity contribution is 7.89. The van der Waals surface area contributed by atoms with Gasteiger partial charge >= 0.3 is 0 Å². The predicted octanol–water partition coefficient (Wildman–Crippen LogP) is 0.904. The van der Waals surface area contributed by atoms with Gasteiger partial charge in [0, 0.05) is 19.6 Å². The fourth-order valence-electron chi connectivity index (χ4n) is 2.32. The maximum Gasteiger partial charge on any atom is 0.271 e. The van der Waals surface area contributed by atoms with Crippen LogP contribution >= 0.6 is 11.3 Å². The molecule has 3 heterocycles. The molecule has 0 spiro atoms. The highest BCUT2D eigenvalue weighted by Gasteiger charge is 2.27. The molecule has 2 N–H and O–H groups in total. The summed E-state index contributed by atoms with van der Waals surface area (Å²) in [4.78, 5) is 13.0. The second kappa shape index (κ2) is 6.19. The van der Waals surface area contributed by atoms with Gasteiger partial charge < -0.3 is 5.32 Å². The Balaban J connectivity index is 1.54. The minimum absolute atomic E-state index is 0.199. The standard InChI is InChI=1S/C13H16N4O3S2/c18-13(14-4-6-17-5-2-8-22(17,19)20)11-9-10(15-16-11)12-3-1-7-21-12/h1,3,7,9H,2,4-6,8H2,(H,14,18)(H,15,16). The highest BCUT2D eigenvalue weighted by Crippen LogP contribution is 2.22. The molecule has 1 aliphatic heterocycles. The number of nitrogens with one attached hydrogen (secondary N) is 2. The third kappa shape index (κ3) is 3.21. The van der Waals surface area contributed by atoms with Crippen molar-refractivity contribution in [1.29, 1.82) is 0 Å². The normalized spacial score (nSPS) is 17.6. The minimum Gasteiger partial charge on any atom is -0.349 e. The Morgan fingerprint density at radius 2 is 2.36 bits per heavy atom. The van der Waals surface area contributed by atoms with E-state index in [1.807, 2.05) is 17.5 Å². The number of amides is 1. The molecule has 0 radical (unpaired) electrons. The Hall–Kier alpha value is -1.71. The molecule has 0 unspecified atom stereocenters. The summed E-state index contributed by atoms with van der Waals surface area (Å²) in [7, 11) is -3.11. The minimum atomic E-state index is -3.11. The molecule has 7 nitrogen and oxygen atoms in total. The number of carbonyl (C=O) groups is 1. The Morgan fingerprint density at radius 1 is 1.50 bits per heavy atom. The van der Waals surface area contributed by atoms with E-state index in [0.29, 0.717) is 25.2 Å². The first-order valence-corrected chi connectivity index (χ1v) is 9.40. The van der Waals surface area contributed by atoms with E-state index in [1.165, 1.54) is 4.31 Å². The van der Waals surface area contributed by atoms with Crippen molar-refractivity contribution >= 4 is 27.3 Å². The first-order valence-electron chi connectivity index (χ1n) is 6.91. The van der Waals surface area contributed by atoms with Crippen LogP contribution in [0.1, 0.15) is 16.9 Å². The van der Waals surface area contributed by atoms with E-state index in [-0.39, 0.29) is 18.2 Å². The van der Waals surface area contributed by atoms with Gasteiger partial charge in [-0.2, -0.15) is 5.10 Å². The molecule has 0 aromatic carbocycles. The number of nitrogens with zero attached hydrogens (tertiary/aromatic N) is 2. The van der Waals surface area contributed by atoms with E-state index in [2.05, 4.69) is 15.5 Å². The van der Waals surface area contributed by atoms with Gasteiger partial charge in [-0.05, 0) is 23.9 Å². The van der Waals surface area contributed by atoms with Crippen LogP contribution in [-0.4, -0.2) is 54.2 Å². The summed E-state index contributed by atoms with van der Waals surface area (Å²) < 4.78 is 24.7. The molecule has 1 amide bonds. The lowest BCUT2D eigenvalue weighted by atomic mass is 10.3. The average Bonchev–Trinajstić information content (AvgIpc) is 3.18. The van der Waals surface area contributed by atoms with Crippen LogP contribution in [-0.2, 0) is 10.0 Å². The van der Waals surface area contributed by atoms with Crippen LogP contribution < -0.4 is 5.32 Å². The Morgan fingerprint density at radius 3 is 3.05 bits per heavy atom. The van der Waals surface area contributed by atoms with Crippen molar-refractivity contribution in [1.82, 2.24) is 19.8 Å². The van der Waals surface area contributed by atoms with Gasteiger partial charge in [-0.25, -0.2) is 12.7 Å². The monoisotopic (exact) mass is 340 g/mol. The zero-order valence-electron chi connectivity index (χ0n) is 11.8. The summed E-state index contributed by atoms with van der Waals surface area (Å²) >= 11 is 1.56. The lowest BCUT2D eigenvalue weighted by Gasteiger charge is -2.13. The van der Waals surface area contributed by atoms with E-state index >= 15 is 0 Å². The van der Waals surface area contributed by atoms with Crippen LogP contribution in [0.3, 0.4) is 0 Å². The molecule has 0 saturated carbocycles. The van der Waals surface area contributed by atoms with Crippen molar-refractivity contribution in [3.05, 3.63) is 29.3 Å². The fourth-order valence-corrected chi connectivity index (χ4v) is 4.54. The van der Waals surface area contributed by atoms with Crippen LogP contribution in [0, 0.1) is 0 Å². The van der Waals surface area contributed by atoms with Crippen molar-refractivity contribution in [2.24, 2.45) is 0 Å². The lowest BCUT2D eigenvalue weighted by Crippen LogP contribution is -2.36. The van der Waals surface area contributed by atoms with Gasteiger partial charge in [0.1, 0.15) is 0 Å². The van der Waals surface area contributed by atoms with Gasteiger partial charge in [0.05, 0.1) is 16.3 Å². The molecule has 22 heavy (non-hydrogen) atoms. The summed E-state index contributed by atoms with van der Waals surface area (Å²) in [6.45, 7) is 1.11. The number of H-pyrrole nitrogens is 1. The highest BCUT2D eigenvalue weighted by atomic mass is 32.2. The Kier molecular flexibility index (Phi) is 4.27. The van der Waals surface area contributed by atoms with Gasteiger partial charge in [-0.15, -0.1) is 11.3 Å². The number of thiophene rings is 1. The zero-order chi connectivity index (χ0) is 15.6. The molecule has 0 atom stereocenters. The number of carbonyl (C=O) groups excluding carboxylic acids is 1. The Labute approximate surface area is 132 Å². The van der Waals surface area contributed by atoms with Crippen molar-refractivity contribution in [2.45, 2.75) is 6.42 Å². The van der Waals surface area contributed by atoms with E-state index < -0.39 is 10.0 Å². The fraction of sp³-hybridized carbons (Fsp3) is 0.385. The van der Waals surface area contributed by atoms with Crippen LogP contribution in [0.25, 0.3) is 10.6 Å². The van der Waals surface area contributed by atoms with Gasteiger partial charge in [0.25, 0.3) is 5.91 Å². The number of aromatic nitrogens is 2. The molecule has 1 saturated heterocycles. The molecule has 118 valence electrons. The van der Waals surface area contributed by atoms with Crippen LogP contribution in [0.15, 0.2) is 23.6 Å². The Bertz CT molecular complexity index is 752. The average molecular weight is 340 g/mol. The van der Waals surface area contributed by atoms with E-state index in [9.17, 15) is 13.2 Å². The third-order valence-corrected chi connectivity index (χ3v) is 6.31. The lowest BCUT2D eigenvalue weighted by molar-refractivity contribution is 0.0947. The van der Waals surface area contributed by atoms with Gasteiger partial charge in [0.15, 0.2) is 5.69 Å². The summed E-state index contributed by atoms with van der Waals surface area (Å²) in [5, 5.41) is 11.5. The van der Waals surface area contributed by atoms with Crippen molar-refractivity contribution in [3.8, 4) is 10.6 Å². The largest absolute Gasteiger partial charge is 0.349 e. The second-order valence-electron chi connectivity index (χ2n) is 4.97. The van der Waals surface area contributed by atoms with Gasteiger partial charge in [0.2, 0.25) is 10.0 Å². The van der Waals surface area contributed by atoms with Crippen molar-refractivity contribution < 1.29 is 13.2 Å². The van der Waals surface area contributed by atoms with E-state index in [4.69, 9.17) is 0 Å². The van der Waals surface area contributed by atoms with Crippen LogP contribution in [0.2, 0.25) is 0 Å².